The highest BCUT2D eigenvalue weighted by atomic mass is 35.5. The van der Waals surface area contributed by atoms with Crippen molar-refractivity contribution in [2.45, 2.75) is 163 Å². The summed E-state index contributed by atoms with van der Waals surface area (Å²) in [5.74, 6) is -7.90. The van der Waals surface area contributed by atoms with Crippen LogP contribution in [0.4, 0.5) is 0 Å². The quantitative estimate of drug-likeness (QED) is 0.00789. The number of halogens is 4. The number of fused-ring (bicyclic) bond motifs is 1. The van der Waals surface area contributed by atoms with Gasteiger partial charge in [0.1, 0.15) is 5.60 Å². The number of hydrogen-bond donors (Lipinski definition) is 7. The van der Waals surface area contributed by atoms with Gasteiger partial charge in [-0.15, -0.1) is 0 Å². The number of nitrogens with one attached hydrogen (secondary N) is 1. The van der Waals surface area contributed by atoms with Gasteiger partial charge in [-0.3, -0.25) is 33.6 Å². The van der Waals surface area contributed by atoms with E-state index in [1.165, 1.54) is 51.4 Å². The number of carboxylic acid groups (broad SMARTS) is 5. The Kier molecular flexibility index (Phi) is 35.6. The lowest BCUT2D eigenvalue weighted by molar-refractivity contribution is -0.167. The van der Waals surface area contributed by atoms with E-state index in [-0.39, 0.29) is 49.3 Å². The molecule has 3 aromatic carbocycles. The van der Waals surface area contributed by atoms with E-state index in [4.69, 9.17) is 82.4 Å². The Morgan fingerprint density at radius 2 is 1.15 bits per heavy atom. The molecule has 1 unspecified atom stereocenters. The number of carboxylic acids is 5. The molecule has 2 aliphatic rings. The van der Waals surface area contributed by atoms with E-state index in [1.54, 1.807) is 69.0 Å². The number of piperidine rings is 1. The summed E-state index contributed by atoms with van der Waals surface area (Å²) in [6.45, 7) is 12.2. The number of aliphatic carboxylic acids is 4. The number of hydrogen-bond acceptors (Lipinski definition) is 11. The first kappa shape index (κ1) is 74.0. The molecule has 2 amide bonds. The van der Waals surface area contributed by atoms with E-state index in [2.05, 4.69) is 12.2 Å². The molecule has 0 aromatic heterocycles. The van der Waals surface area contributed by atoms with E-state index in [0.29, 0.717) is 54.7 Å². The molecule has 22 heteroatoms. The number of ether oxygens (including phenoxy) is 1. The van der Waals surface area contributed by atoms with Gasteiger partial charge in [-0.1, -0.05) is 180 Å². The second kappa shape index (κ2) is 39.4. The molecule has 2 heterocycles. The van der Waals surface area contributed by atoms with Crippen LogP contribution in [-0.2, 0) is 28.7 Å². The van der Waals surface area contributed by atoms with Gasteiger partial charge in [0.05, 0.1) is 48.8 Å². The Labute approximate surface area is 501 Å². The maximum atomic E-state index is 12.1. The summed E-state index contributed by atoms with van der Waals surface area (Å²) >= 11 is 22.9. The lowest BCUT2D eigenvalue weighted by Gasteiger charge is -2.30. The topological polar surface area (TPSA) is 305 Å². The molecule has 0 radical (unpaired) electrons. The molecule has 5 rings (SSSR count). The summed E-state index contributed by atoms with van der Waals surface area (Å²) in [5, 5.41) is 45.8. The molecular weight excluding hydrogens is 1140 g/mol. The van der Waals surface area contributed by atoms with Gasteiger partial charge >= 0.3 is 35.8 Å². The Morgan fingerprint density at radius 1 is 0.671 bits per heavy atom. The van der Waals surface area contributed by atoms with Crippen LogP contribution in [0.2, 0.25) is 20.1 Å². The third kappa shape index (κ3) is 27.8. The molecule has 0 saturated carbocycles. The van der Waals surface area contributed by atoms with Crippen molar-refractivity contribution >= 4 is 106 Å². The van der Waals surface area contributed by atoms with E-state index >= 15 is 0 Å². The molecular formula is C60H81Cl4N3O15. The van der Waals surface area contributed by atoms with Crippen LogP contribution in [0.15, 0.2) is 60.7 Å². The lowest BCUT2D eigenvalue weighted by Crippen LogP contribution is -2.40. The van der Waals surface area contributed by atoms with Crippen LogP contribution in [0.25, 0.3) is 5.70 Å². The minimum atomic E-state index is -1.39. The standard InChI is InChI=1S/C17H33NO4.C13H15NO3.C11H22O2.C10H7NO3.C9H4Cl4O3/c1-17(2,3)22-16(21)14(15(19)20)12-10-8-6-4-5-7-9-11-13-18;15-12(10-4-2-1-3-5-10)14-8-6-11(7-9-14)13(16)17;1-3-4-5-6-7-8-9-10(2)11(12)13;12-9(13)5-8-6-3-1-2-4-7(6)10(14)11-8;1-2(14)3-4(9(15)16)6(11)8(13)7(12)5(3)10/h14H,4-13,18H2,1-3H3,(H,19,20);1-5,11H,6-9H2,(H,16,17);10H,3-9H2,1-2H3,(H,12,13);1-5H,(H,11,14)(H,12,13);1H3,(H,15,16)/t;;10-;;/m..0../s1. The smallest absolute Gasteiger partial charge is 0.338 e. The van der Waals surface area contributed by atoms with Gasteiger partial charge in [0.15, 0.2) is 11.7 Å². The normalized spacial score (nSPS) is 13.8. The molecule has 0 spiro atoms. The van der Waals surface area contributed by atoms with Gasteiger partial charge in [-0.25, -0.2) is 9.59 Å². The molecule has 18 nitrogen and oxygen atoms in total. The zero-order valence-electron chi connectivity index (χ0n) is 47.7. The zero-order chi connectivity index (χ0) is 62.1. The van der Waals surface area contributed by atoms with Crippen molar-refractivity contribution < 1.29 is 73.4 Å². The van der Waals surface area contributed by atoms with Crippen molar-refractivity contribution in [1.29, 1.82) is 0 Å². The predicted octanol–water partition coefficient (Wildman–Crippen LogP) is 13.6. The summed E-state index contributed by atoms with van der Waals surface area (Å²) in [5.41, 5.74) is 6.28. The van der Waals surface area contributed by atoms with Gasteiger partial charge in [0, 0.05) is 35.9 Å². The largest absolute Gasteiger partial charge is 0.481 e. The number of rotatable bonds is 25. The molecule has 0 bridgehead atoms. The van der Waals surface area contributed by atoms with Crippen molar-refractivity contribution in [2.24, 2.45) is 23.5 Å². The van der Waals surface area contributed by atoms with Crippen molar-refractivity contribution in [1.82, 2.24) is 10.2 Å². The average molecular weight is 1230 g/mol. The summed E-state index contributed by atoms with van der Waals surface area (Å²) in [6.07, 6.45) is 19.4. The summed E-state index contributed by atoms with van der Waals surface area (Å²) in [4.78, 5) is 102. The van der Waals surface area contributed by atoms with E-state index in [1.807, 2.05) is 18.2 Å². The van der Waals surface area contributed by atoms with Crippen LogP contribution in [0.5, 0.6) is 0 Å². The Hall–Kier alpha value is -6.05. The number of unbranched alkanes of at least 4 members (excludes halogenated alkanes) is 12. The van der Waals surface area contributed by atoms with E-state index in [0.717, 1.165) is 64.5 Å². The number of ketones is 1. The Morgan fingerprint density at radius 3 is 1.60 bits per heavy atom. The molecule has 3 aromatic rings. The third-order valence-corrected chi connectivity index (χ3v) is 14.6. The highest BCUT2D eigenvalue weighted by Gasteiger charge is 2.31. The van der Waals surface area contributed by atoms with Crippen LogP contribution in [0.3, 0.4) is 0 Å². The number of nitrogens with two attached hydrogens (primary N) is 1. The van der Waals surface area contributed by atoms with Crippen molar-refractivity contribution in [3.05, 3.63) is 109 Å². The van der Waals surface area contributed by atoms with Crippen molar-refractivity contribution in [3.63, 3.8) is 0 Å². The van der Waals surface area contributed by atoms with Crippen LogP contribution >= 0.6 is 46.4 Å². The fourth-order valence-corrected chi connectivity index (χ4v) is 9.36. The van der Waals surface area contributed by atoms with Crippen LogP contribution in [0.1, 0.15) is 204 Å². The number of carbonyl (C=O) groups is 9. The van der Waals surface area contributed by atoms with Crippen LogP contribution in [0, 0.1) is 17.8 Å². The lowest BCUT2D eigenvalue weighted by atomic mass is 9.96. The average Bonchev–Trinajstić information content (AvgIpc) is 3.35. The second-order valence-corrected chi connectivity index (χ2v) is 22.2. The van der Waals surface area contributed by atoms with Crippen molar-refractivity contribution in [3.8, 4) is 0 Å². The minimum absolute atomic E-state index is 0.00515. The first-order chi connectivity index (χ1) is 38.6. The Bertz CT molecular complexity index is 2570. The fraction of sp³-hybridized carbons (Fsp3) is 0.517. The molecule has 2 aliphatic heterocycles. The van der Waals surface area contributed by atoms with E-state index < -0.39 is 58.7 Å². The molecule has 1 fully saturated rings. The number of benzene rings is 3. The number of likely N-dealkylation sites (tertiary alicyclic amines) is 1. The highest BCUT2D eigenvalue weighted by molar-refractivity contribution is 6.54. The SMILES string of the molecule is CC(=O)c1c(Cl)c(Cl)c(Cl)c(Cl)c1C(=O)O.CC(C)(C)OC(=O)C(CCCCCCCCCCN)C(=O)O.CCCCCCCC[C@H](C)C(=O)O.O=C(O)C1CCN(C(=O)c2ccccc2)CC1.O=C(O)C=C1NC(=O)c2ccccc21. The zero-order valence-corrected chi connectivity index (χ0v) is 50.7. The maximum absolute atomic E-state index is 12.1. The van der Waals surface area contributed by atoms with Crippen molar-refractivity contribution in [2.75, 3.05) is 19.6 Å². The van der Waals surface area contributed by atoms with Crippen LogP contribution < -0.4 is 11.1 Å². The first-order valence-corrected chi connectivity index (χ1v) is 29.0. The van der Waals surface area contributed by atoms with Gasteiger partial charge in [0.25, 0.3) is 11.8 Å². The number of nitrogens with zero attached hydrogens (tertiary/aromatic N) is 1. The second-order valence-electron chi connectivity index (χ2n) is 20.7. The minimum Gasteiger partial charge on any atom is -0.481 e. The fourth-order valence-electron chi connectivity index (χ4n) is 8.29. The molecule has 454 valence electrons. The van der Waals surface area contributed by atoms with Gasteiger partial charge in [-0.2, -0.15) is 0 Å². The highest BCUT2D eigenvalue weighted by Crippen LogP contribution is 2.41. The summed E-state index contributed by atoms with van der Waals surface area (Å²) in [6, 6.07) is 16.0. The predicted molar refractivity (Wildman–Crippen MR) is 318 cm³/mol. The van der Waals surface area contributed by atoms with Crippen LogP contribution in [-0.4, -0.2) is 109 Å². The molecule has 1 saturated heterocycles. The van der Waals surface area contributed by atoms with Gasteiger partial charge in [-0.05, 0) is 84.5 Å². The van der Waals surface area contributed by atoms with E-state index in [9.17, 15) is 43.2 Å². The summed E-state index contributed by atoms with van der Waals surface area (Å²) < 4.78 is 5.16. The Balaban J connectivity index is 0.000000518. The molecule has 82 heavy (non-hydrogen) atoms. The molecule has 2 atom stereocenters. The number of Topliss-reactive ketones (excluding diaryl/α,β-unsaturated/α-hetero) is 1. The monoisotopic (exact) mass is 1220 g/mol. The number of aromatic carboxylic acids is 1. The molecule has 0 aliphatic carbocycles. The first-order valence-electron chi connectivity index (χ1n) is 27.5. The maximum Gasteiger partial charge on any atom is 0.338 e. The van der Waals surface area contributed by atoms with Gasteiger partial charge in [0.2, 0.25) is 0 Å². The number of carbonyl (C=O) groups excluding carboxylic acids is 4. The van der Waals surface area contributed by atoms with Gasteiger partial charge < -0.3 is 46.2 Å². The third-order valence-electron chi connectivity index (χ3n) is 12.8. The number of amides is 2. The molecule has 8 N–H and O–H groups in total. The number of esters is 1. The summed E-state index contributed by atoms with van der Waals surface area (Å²) in [7, 11) is 0.